The molecule has 0 radical (unpaired) electrons. The van der Waals surface area contributed by atoms with Crippen molar-refractivity contribution in [2.75, 3.05) is 0 Å². The first-order valence-electron chi connectivity index (χ1n) is 4.87. The van der Waals surface area contributed by atoms with Crippen molar-refractivity contribution in [1.82, 2.24) is 0 Å². The van der Waals surface area contributed by atoms with Crippen molar-refractivity contribution >= 4 is 13.9 Å². The van der Waals surface area contributed by atoms with Gasteiger partial charge >= 0.3 is 0 Å². The number of ketones is 1. The van der Waals surface area contributed by atoms with Crippen LogP contribution in [-0.2, 0) is 4.79 Å². The van der Waals surface area contributed by atoms with Gasteiger partial charge in [-0.1, -0.05) is 50.0 Å². The Balaban J connectivity index is 2.34. The molecule has 0 aromatic carbocycles. The Kier molecular flexibility index (Phi) is 3.26. The predicted octanol–water partition coefficient (Wildman–Crippen LogP) is 3.03. The fraction of sp³-hybridized carbons (Fsp3) is 0.545. The minimum atomic E-state index is -1.04. The second kappa shape index (κ2) is 4.05. The minimum absolute atomic E-state index is 0.0800. The molecule has 1 nitrogen and oxygen atoms in total. The highest BCUT2D eigenvalue weighted by molar-refractivity contribution is 6.76. The summed E-state index contributed by atoms with van der Waals surface area (Å²) in [6.07, 6.45) is 8.63. The average Bonchev–Trinajstić information content (AvgIpc) is 2.50. The van der Waals surface area contributed by atoms with Gasteiger partial charge in [0.2, 0.25) is 0 Å². The molecule has 0 fully saturated rings. The molecule has 0 aliphatic heterocycles. The average molecular weight is 194 g/mol. The summed E-state index contributed by atoms with van der Waals surface area (Å²) < 4.78 is 0. The number of hydrogen-bond donors (Lipinski definition) is 0. The molecule has 0 heterocycles. The summed E-state index contributed by atoms with van der Waals surface area (Å²) in [4.78, 5) is 11.6. The van der Waals surface area contributed by atoms with E-state index >= 15 is 0 Å². The summed E-state index contributed by atoms with van der Waals surface area (Å²) in [5.41, 5.74) is 0. The molecule has 0 saturated carbocycles. The Labute approximate surface area is 81.5 Å². The van der Waals surface area contributed by atoms with E-state index in [1.165, 1.54) is 0 Å². The topological polar surface area (TPSA) is 17.1 Å². The lowest BCUT2D eigenvalue weighted by molar-refractivity contribution is -0.120. The second-order valence-corrected chi connectivity index (χ2v) is 10.4. The number of Topliss-reactive ketones (excluding diaryl/α,β-unsaturated/α-hetero) is 1. The number of carbonyl (C=O) groups is 1. The standard InChI is InChI=1S/C11H18OSi/c1-13(2,3)9-8-11(12)10-6-4-5-7-10/h4-7,10H,8-9H2,1-3H3. The molecule has 2 heteroatoms. The molecular formula is C11H18OSi. The predicted molar refractivity (Wildman–Crippen MR) is 59.5 cm³/mol. The van der Waals surface area contributed by atoms with E-state index < -0.39 is 8.07 Å². The monoisotopic (exact) mass is 194 g/mol. The first-order valence-corrected chi connectivity index (χ1v) is 8.57. The zero-order chi connectivity index (χ0) is 9.90. The highest BCUT2D eigenvalue weighted by Crippen LogP contribution is 2.17. The van der Waals surface area contributed by atoms with Crippen LogP contribution in [0.2, 0.25) is 25.7 Å². The Hall–Kier alpha value is -0.633. The summed E-state index contributed by atoms with van der Waals surface area (Å²) >= 11 is 0. The van der Waals surface area contributed by atoms with Gasteiger partial charge in [-0.2, -0.15) is 0 Å². The van der Waals surface area contributed by atoms with Gasteiger partial charge in [0.1, 0.15) is 5.78 Å². The Morgan fingerprint density at radius 3 is 2.23 bits per heavy atom. The van der Waals surface area contributed by atoms with Crippen LogP contribution in [0.15, 0.2) is 24.3 Å². The molecule has 1 rings (SSSR count). The molecule has 0 atom stereocenters. The van der Waals surface area contributed by atoms with Crippen LogP contribution in [0.5, 0.6) is 0 Å². The van der Waals surface area contributed by atoms with Gasteiger partial charge in [0, 0.05) is 14.5 Å². The van der Waals surface area contributed by atoms with Crippen LogP contribution in [0.4, 0.5) is 0 Å². The smallest absolute Gasteiger partial charge is 0.143 e. The number of rotatable bonds is 4. The van der Waals surface area contributed by atoms with Gasteiger partial charge in [0.25, 0.3) is 0 Å². The van der Waals surface area contributed by atoms with E-state index in [1.807, 2.05) is 24.3 Å². The van der Waals surface area contributed by atoms with Crippen LogP contribution in [0, 0.1) is 5.92 Å². The van der Waals surface area contributed by atoms with Crippen LogP contribution in [0.1, 0.15) is 6.42 Å². The molecule has 1 aliphatic rings. The molecule has 13 heavy (non-hydrogen) atoms. The van der Waals surface area contributed by atoms with Gasteiger partial charge in [-0.05, 0) is 0 Å². The number of hydrogen-bond acceptors (Lipinski definition) is 1. The van der Waals surface area contributed by atoms with Crippen LogP contribution < -0.4 is 0 Å². The zero-order valence-corrected chi connectivity index (χ0v) is 9.71. The largest absolute Gasteiger partial charge is 0.299 e. The van der Waals surface area contributed by atoms with Crippen LogP contribution in [-0.4, -0.2) is 13.9 Å². The lowest BCUT2D eigenvalue weighted by Crippen LogP contribution is -2.22. The fourth-order valence-corrected chi connectivity index (χ4v) is 2.31. The summed E-state index contributed by atoms with van der Waals surface area (Å²) in [5, 5.41) is 0. The van der Waals surface area contributed by atoms with Gasteiger partial charge in [0.15, 0.2) is 0 Å². The van der Waals surface area contributed by atoms with E-state index in [-0.39, 0.29) is 5.92 Å². The summed E-state index contributed by atoms with van der Waals surface area (Å²) in [7, 11) is -1.04. The lowest BCUT2D eigenvalue weighted by atomic mass is 10.1. The van der Waals surface area contributed by atoms with Gasteiger partial charge in [-0.3, -0.25) is 4.79 Å². The van der Waals surface area contributed by atoms with Gasteiger partial charge in [-0.15, -0.1) is 0 Å². The highest BCUT2D eigenvalue weighted by Gasteiger charge is 2.19. The molecule has 72 valence electrons. The van der Waals surface area contributed by atoms with Gasteiger partial charge in [-0.25, -0.2) is 0 Å². The summed E-state index contributed by atoms with van der Waals surface area (Å²) in [6.45, 7) is 6.92. The van der Waals surface area contributed by atoms with E-state index in [2.05, 4.69) is 19.6 Å². The number of allylic oxidation sites excluding steroid dienone is 4. The molecule has 0 aromatic rings. The van der Waals surface area contributed by atoms with Crippen LogP contribution in [0.3, 0.4) is 0 Å². The van der Waals surface area contributed by atoms with Crippen molar-refractivity contribution in [3.63, 3.8) is 0 Å². The van der Waals surface area contributed by atoms with Crippen molar-refractivity contribution in [3.8, 4) is 0 Å². The molecule has 0 unspecified atom stereocenters. The molecule has 1 aliphatic carbocycles. The van der Waals surface area contributed by atoms with Crippen molar-refractivity contribution in [2.24, 2.45) is 5.92 Å². The summed E-state index contributed by atoms with van der Waals surface area (Å²) in [5.74, 6) is 0.462. The summed E-state index contributed by atoms with van der Waals surface area (Å²) in [6, 6.07) is 1.12. The van der Waals surface area contributed by atoms with Crippen molar-refractivity contribution in [3.05, 3.63) is 24.3 Å². The quantitative estimate of drug-likeness (QED) is 0.629. The maximum atomic E-state index is 11.6. The Bertz CT molecular complexity index is 233. The number of carbonyl (C=O) groups excluding carboxylic acids is 1. The molecule has 0 amide bonds. The first-order chi connectivity index (χ1) is 5.99. The lowest BCUT2D eigenvalue weighted by Gasteiger charge is -2.15. The highest BCUT2D eigenvalue weighted by atomic mass is 28.3. The molecule has 0 saturated heterocycles. The minimum Gasteiger partial charge on any atom is -0.299 e. The SMILES string of the molecule is C[Si](C)(C)CCC(=O)C1C=CC=C1. The maximum absolute atomic E-state index is 11.6. The maximum Gasteiger partial charge on any atom is 0.143 e. The third-order valence-corrected chi connectivity index (χ3v) is 3.99. The third kappa shape index (κ3) is 3.72. The molecule has 0 spiro atoms. The normalized spacial score (nSPS) is 16.8. The van der Waals surface area contributed by atoms with Crippen LogP contribution in [0.25, 0.3) is 0 Å². The van der Waals surface area contributed by atoms with E-state index in [9.17, 15) is 4.79 Å². The first kappa shape index (κ1) is 10.4. The van der Waals surface area contributed by atoms with Gasteiger partial charge < -0.3 is 0 Å². The third-order valence-electron chi connectivity index (χ3n) is 2.24. The second-order valence-electron chi connectivity index (χ2n) is 4.82. The van der Waals surface area contributed by atoms with Crippen molar-refractivity contribution in [2.45, 2.75) is 32.1 Å². The van der Waals surface area contributed by atoms with E-state index in [0.717, 1.165) is 12.5 Å². The fourth-order valence-electron chi connectivity index (χ4n) is 1.31. The van der Waals surface area contributed by atoms with Crippen molar-refractivity contribution < 1.29 is 4.79 Å². The molecule has 0 bridgehead atoms. The van der Waals surface area contributed by atoms with Crippen LogP contribution >= 0.6 is 0 Å². The van der Waals surface area contributed by atoms with E-state index in [1.54, 1.807) is 0 Å². The Morgan fingerprint density at radius 1 is 1.23 bits per heavy atom. The van der Waals surface area contributed by atoms with Crippen molar-refractivity contribution in [1.29, 1.82) is 0 Å². The van der Waals surface area contributed by atoms with E-state index in [0.29, 0.717) is 5.78 Å². The van der Waals surface area contributed by atoms with Gasteiger partial charge in [0.05, 0.1) is 5.92 Å². The Morgan fingerprint density at radius 2 is 1.77 bits per heavy atom. The zero-order valence-electron chi connectivity index (χ0n) is 8.71. The van der Waals surface area contributed by atoms with E-state index in [4.69, 9.17) is 0 Å². The molecule has 0 aromatic heterocycles. The molecule has 0 N–H and O–H groups in total. The molecular weight excluding hydrogens is 176 g/mol.